The lowest BCUT2D eigenvalue weighted by Gasteiger charge is -2.49. The first-order valence-corrected chi connectivity index (χ1v) is 55.0. The highest BCUT2D eigenvalue weighted by Crippen LogP contribution is 2.58. The smallest absolute Gasteiger partial charge is 0.489 e. The van der Waals surface area contributed by atoms with E-state index in [9.17, 15) is 75.3 Å². The number of nitrogens with zero attached hydrogens (tertiary/aromatic N) is 3. The zero-order valence-electron chi connectivity index (χ0n) is 99.3. The van der Waals surface area contributed by atoms with Crippen molar-refractivity contribution in [1.82, 2.24) is 14.7 Å². The van der Waals surface area contributed by atoms with E-state index in [-0.39, 0.29) is 83.7 Å². The molecule has 12 heterocycles. The molecule has 11 N–H and O–H groups in total. The van der Waals surface area contributed by atoms with Gasteiger partial charge < -0.3 is 170 Å². The lowest BCUT2D eigenvalue weighted by Crippen LogP contribution is -2.61. The number of Topliss-reactive ketones (excluding diaryl/α,β-unsaturated/α-hetero) is 1. The van der Waals surface area contributed by atoms with E-state index in [1.54, 1.807) is 97.1 Å². The predicted molar refractivity (Wildman–Crippen MR) is 552 cm³/mol. The van der Waals surface area contributed by atoms with E-state index < -0.39 is 293 Å². The summed E-state index contributed by atoms with van der Waals surface area (Å²) in [5.41, 5.74) is -9.74. The molecule has 10 fully saturated rings. The van der Waals surface area contributed by atoms with Crippen LogP contribution in [0.3, 0.4) is 0 Å². The van der Waals surface area contributed by atoms with Crippen LogP contribution >= 0.6 is 0 Å². The highest BCUT2D eigenvalue weighted by atomic mass is 16.8. The van der Waals surface area contributed by atoms with Gasteiger partial charge in [-0.25, -0.2) is 0 Å². The highest BCUT2D eigenvalue weighted by Gasteiger charge is 2.67. The van der Waals surface area contributed by atoms with Crippen LogP contribution < -0.4 is 0 Å². The monoisotopic (exact) mass is 2150 g/mol. The molecule has 12 rings (SSSR count). The largest absolute Gasteiger partial charge is 1.00 e. The van der Waals surface area contributed by atoms with E-state index in [2.05, 4.69) is 6.92 Å². The molecule has 1 unspecified atom stereocenters. The molecule has 0 amide bonds. The molecule has 0 aromatic carbocycles. The quantitative estimate of drug-likeness (QED) is 0.0290. The predicted octanol–water partition coefficient (Wildman–Crippen LogP) is 8.84. The molecule has 52 atom stereocenters. The van der Waals surface area contributed by atoms with Crippen LogP contribution in [0.5, 0.6) is 0 Å². The van der Waals surface area contributed by atoms with E-state index in [0.717, 1.165) is 11.1 Å². The Bertz CT molecular complexity index is 4490. The second kappa shape index (κ2) is 49.8. The Morgan fingerprint density at radius 2 is 0.713 bits per heavy atom. The molecule has 1 spiro atoms. The van der Waals surface area contributed by atoms with Crippen LogP contribution in [0.25, 0.3) is 0 Å². The first-order valence-electron chi connectivity index (χ1n) is 55.0. The van der Waals surface area contributed by atoms with E-state index in [4.69, 9.17) is 99.5 Å². The number of esters is 3. The molecule has 0 aromatic rings. The van der Waals surface area contributed by atoms with Gasteiger partial charge >= 0.3 is 20.8 Å². The number of likely N-dealkylation sites (N-methyl/N-ethyl adjacent to an activating group) is 3. The molecule has 12 aliphatic rings. The molecular formula is C111H197N3O36+2. The van der Waals surface area contributed by atoms with E-state index in [1.807, 2.05) is 146 Å². The van der Waals surface area contributed by atoms with Gasteiger partial charge in [0.05, 0.1) is 125 Å². The third-order valence-corrected chi connectivity index (χ3v) is 36.0. The number of aliphatic hydroxyl groups is 11. The van der Waals surface area contributed by atoms with Crippen LogP contribution in [0.2, 0.25) is 0 Å². The zero-order chi connectivity index (χ0) is 113. The van der Waals surface area contributed by atoms with Crippen LogP contribution in [0.1, 0.15) is 288 Å². The Kier molecular flexibility index (Phi) is 42.4. The van der Waals surface area contributed by atoms with Gasteiger partial charge in [-0.2, -0.15) is 0 Å². The fraction of sp³-hybridized carbons (Fsp3) is 0.928. The van der Waals surface area contributed by atoms with Gasteiger partial charge in [0.2, 0.25) is 0 Å². The summed E-state index contributed by atoms with van der Waals surface area (Å²) in [4.78, 5) is 62.0. The highest BCUT2D eigenvalue weighted by molar-refractivity contribution is 5.83. The summed E-state index contributed by atoms with van der Waals surface area (Å²) in [5, 5.41) is 126. The zero-order valence-corrected chi connectivity index (χ0v) is 97.3. The Labute approximate surface area is 894 Å². The summed E-state index contributed by atoms with van der Waals surface area (Å²) >= 11 is 0. The van der Waals surface area contributed by atoms with E-state index in [1.165, 1.54) is 41.9 Å². The van der Waals surface area contributed by atoms with Crippen LogP contribution in [0, 0.1) is 59.2 Å². The number of ether oxygens (including phenoxy) is 21. The van der Waals surface area contributed by atoms with Crippen molar-refractivity contribution in [2.75, 3.05) is 63.6 Å². The van der Waals surface area contributed by atoms with Crippen molar-refractivity contribution in [2.24, 2.45) is 59.2 Å². The summed E-state index contributed by atoms with van der Waals surface area (Å²) in [7, 11) is 16.0. The van der Waals surface area contributed by atoms with Crippen LogP contribution in [0.15, 0.2) is 23.0 Å². The summed E-state index contributed by atoms with van der Waals surface area (Å²) < 4.78 is 134. The van der Waals surface area contributed by atoms with Crippen LogP contribution in [-0.2, 0) is 119 Å². The third kappa shape index (κ3) is 26.6. The van der Waals surface area contributed by atoms with E-state index >= 15 is 0 Å². The Morgan fingerprint density at radius 1 is 0.393 bits per heavy atom. The molecule has 0 aromatic heterocycles. The number of ketones is 1. The lowest BCUT2D eigenvalue weighted by atomic mass is 9.74. The Morgan fingerprint density at radius 3 is 1.05 bits per heavy atom. The minimum Gasteiger partial charge on any atom is -0.489 e. The molecule has 870 valence electrons. The average molecular weight is 2150 g/mol. The average Bonchev–Trinajstić information content (AvgIpc) is 1.55. The third-order valence-electron chi connectivity index (χ3n) is 36.0. The molecule has 39 heteroatoms. The minimum absolute atomic E-state index is 0. The van der Waals surface area contributed by atoms with Gasteiger partial charge in [-0.15, -0.1) is 0 Å². The van der Waals surface area contributed by atoms with Gasteiger partial charge in [0.25, 0.3) is 0 Å². The fourth-order valence-electron chi connectivity index (χ4n) is 26.5. The number of rotatable bonds is 21. The standard InChI is InChI=1S/C37H67NO13.C37H65NO12.C37H63NO11/c1-14-25-37(10,45)30(41)20(4)27(39)18(2)16-35(8,44)32(51-34-28(40)24(38(11)12)15-19(3)47-34)21(5)29(22(6)33(43)49-25)50-26-17-36(9,46-13)31(42)23(7)48-26;1-14-25-37(10,43)30(40)20(4)28-18(2)16-36(9,50-28)32(49-34-27(39)24(38(11)12)15-19(3)45-34)21(5)29(22(6)33(42)47-25)48-26-17-35(8,44-13)31(41)23(7)46-26;1-14-26-34(8)16-19(2)37(48-34)20(3)17-36(10,49-37)31(47-33-28(39)25(38(11)12)15-21(4)43-33)22(5)29(23(6)32(41)45-26)46-27-18-35(9,42-13)30(40)24(7)44-27/h18-26,28-32,34,40-42,44-45H,14-17H2,1-13H3;19-27,29-32,34,39-41,43H,14-17H2,1-13H3;16,20-31,33,39-40H,14-15,17-18H2,1-13H3/p+2/t18-,19-,20+,21+,22-,23+,24+,25-,26+,28-,29+,30-,31+,32-,34+,35+,36-,37-;19-,20+,21+,22-,23+,24+,25-,26+,27-,29+,30-,31+,32-,34?,35-,36-,37-;20-,21-,22+,23-,24+,25+,26-,27+,28-,29+,30+,31-,33+,34+,35-,36+,37-/m111/s1. The topological polar surface area (TPSA) is 494 Å². The SMILES string of the molecule is CC[C@H]1OC(=O)[C@H](C)[C@@H](O[C@H]2C[C@@](C)(OC)[C@@H](O)[C@H](C)O2)[C@H](C)[C@@H](OC2O[C@H](C)C[C@H](N(C)C)[C@H]2O)[C@@]2(C)CC(C)=C(O2)[C@H](C)[C@@H](O)[C@]1(C)O.CC[C@H]1OC(=O)[C@H](C)[C@@H](O[C@H]2C[C@@](C)(OC)[C@@H](O)[C@H](C)O2)[C@H](C)[C@@H](O[C@@H]2O[C@H](C)C[C@H](N(C)C)[C@H]2O)[C@@](C)(O)C[C@@H](C)C(=O)[C@H](C)[C@@H](O)[C@]1(C)O.CC[C@H]1OC(=O)[C@H](C)[C@@H](O[C@H]2C[C@@](C)(OC)[C@@H](O)[C@H](C)O2)[C@H](C)[C@@H](O[C@@H]2O[C@H](C)C[C@H](N(C)C)[C@H]2O)[C@]2(C)C[C@@H](C)[C@]3(O[C@@]1(C)C=C3C)O2.[H+].[H+]. The van der Waals surface area contributed by atoms with Gasteiger partial charge in [-0.05, 0) is 249 Å². The van der Waals surface area contributed by atoms with Crippen molar-refractivity contribution in [3.8, 4) is 0 Å². The van der Waals surface area contributed by atoms with E-state index in [0.29, 0.717) is 44.3 Å². The first-order chi connectivity index (χ1) is 69.3. The number of cyclic esters (lactones) is 3. The van der Waals surface area contributed by atoms with Crippen molar-refractivity contribution < 1.29 is 178 Å². The molecule has 39 nitrogen and oxygen atoms in total. The Hall–Kier alpha value is -3.88. The molecule has 12 aliphatic heterocycles. The maximum absolute atomic E-state index is 14.2. The van der Waals surface area contributed by atoms with Gasteiger partial charge in [0.15, 0.2) is 43.5 Å². The van der Waals surface area contributed by atoms with Crippen molar-refractivity contribution >= 4 is 23.7 Å². The van der Waals surface area contributed by atoms with Gasteiger partial charge in [0.1, 0.15) is 95.0 Å². The molecule has 0 saturated carbocycles. The molecule has 5 bridgehead atoms. The molecule has 150 heavy (non-hydrogen) atoms. The second-order valence-corrected chi connectivity index (χ2v) is 49.3. The summed E-state index contributed by atoms with van der Waals surface area (Å²) in [6.07, 6.45) is -19.5. The first kappa shape index (κ1) is 128. The van der Waals surface area contributed by atoms with Crippen molar-refractivity contribution in [2.45, 2.75) is 537 Å². The minimum atomic E-state index is -1.99. The molecule has 10 saturated heterocycles. The normalized spacial score (nSPS) is 50.5. The second-order valence-electron chi connectivity index (χ2n) is 49.3. The van der Waals surface area contributed by atoms with Gasteiger partial charge in [-0.1, -0.05) is 69.2 Å². The van der Waals surface area contributed by atoms with Gasteiger partial charge in [-0.3, -0.25) is 19.2 Å². The number of fused-ring (bicyclic) bond motifs is 4. The lowest BCUT2D eigenvalue weighted by molar-refractivity contribution is -0.337. The maximum Gasteiger partial charge on any atom is 1.00 e. The number of carbonyl (C=O) groups excluding carboxylic acids is 4. The number of carbonyl (C=O) groups is 4. The number of hydrogen-bond acceptors (Lipinski definition) is 39. The maximum atomic E-state index is 14.2. The molecule has 0 aliphatic carbocycles. The number of aliphatic hydroxyl groups excluding tert-OH is 8. The summed E-state index contributed by atoms with van der Waals surface area (Å²) in [5.74, 6) is -10.2. The number of hydrogen-bond donors (Lipinski definition) is 11. The Balaban J connectivity index is 0.000000275. The van der Waals surface area contributed by atoms with Crippen molar-refractivity contribution in [3.05, 3.63) is 23.0 Å². The molecular weight excluding hydrogens is 1950 g/mol. The van der Waals surface area contributed by atoms with Crippen LogP contribution in [0.4, 0.5) is 0 Å². The molecule has 0 radical (unpaired) electrons. The van der Waals surface area contributed by atoms with Crippen LogP contribution in [-0.4, -0.2) is 411 Å². The van der Waals surface area contributed by atoms with Crippen molar-refractivity contribution in [3.63, 3.8) is 0 Å². The van der Waals surface area contributed by atoms with Crippen molar-refractivity contribution in [1.29, 1.82) is 0 Å². The van der Waals surface area contributed by atoms with Gasteiger partial charge in [0, 0.05) is 107 Å². The fourth-order valence-corrected chi connectivity index (χ4v) is 26.5. The summed E-state index contributed by atoms with van der Waals surface area (Å²) in [6, 6.07) is -0.749. The summed E-state index contributed by atoms with van der Waals surface area (Å²) in [6.45, 7) is 53.7. The number of methoxy groups -OCH3 is 3.